The number of carbonyl (C=O) groups is 1. The molecule has 1 fully saturated rings. The Morgan fingerprint density at radius 2 is 2.33 bits per heavy atom. The third-order valence-electron chi connectivity index (χ3n) is 1.43. The summed E-state index contributed by atoms with van der Waals surface area (Å²) in [6, 6.07) is 0.507. The fourth-order valence-electron chi connectivity index (χ4n) is 0.953. The average molecular weight is 150 g/mol. The molecule has 0 bridgehead atoms. The zero-order chi connectivity index (χ0) is 5.98. The topological polar surface area (TPSA) is 29.1 Å². The summed E-state index contributed by atoms with van der Waals surface area (Å²) in [4.78, 5) is 10.3. The molecule has 0 aliphatic carbocycles. The van der Waals surface area contributed by atoms with Crippen molar-refractivity contribution in [1.82, 2.24) is 5.32 Å². The van der Waals surface area contributed by atoms with Gasteiger partial charge in [-0.2, -0.15) is 0 Å². The van der Waals surface area contributed by atoms with E-state index in [-0.39, 0.29) is 18.3 Å². The van der Waals surface area contributed by atoms with Gasteiger partial charge in [0.2, 0.25) is 5.91 Å². The van der Waals surface area contributed by atoms with Gasteiger partial charge < -0.3 is 5.32 Å². The van der Waals surface area contributed by atoms with E-state index in [0.29, 0.717) is 6.04 Å². The Morgan fingerprint density at radius 3 is 2.67 bits per heavy atom. The van der Waals surface area contributed by atoms with E-state index in [0.717, 1.165) is 12.8 Å². The maximum atomic E-state index is 10.3. The van der Waals surface area contributed by atoms with Gasteiger partial charge in [0.05, 0.1) is 0 Å². The molecule has 9 heavy (non-hydrogen) atoms. The summed E-state index contributed by atoms with van der Waals surface area (Å²) in [6.45, 7) is 2.13. The molecule has 0 aromatic carbocycles. The highest BCUT2D eigenvalue weighted by molar-refractivity contribution is 5.85. The van der Waals surface area contributed by atoms with Crippen LogP contribution in [0.1, 0.15) is 26.2 Å². The smallest absolute Gasteiger partial charge is 0.222 e. The number of nitrogens with one attached hydrogen (secondary N) is 1. The van der Waals surface area contributed by atoms with Gasteiger partial charge in [-0.25, -0.2) is 0 Å². The van der Waals surface area contributed by atoms with E-state index in [4.69, 9.17) is 0 Å². The molecule has 0 aromatic heterocycles. The van der Waals surface area contributed by atoms with E-state index in [1.165, 1.54) is 6.42 Å². The quantitative estimate of drug-likeness (QED) is 0.586. The van der Waals surface area contributed by atoms with Crippen molar-refractivity contribution >= 4 is 18.3 Å². The lowest BCUT2D eigenvalue weighted by Gasteiger charge is -2.25. The molecular weight excluding hydrogens is 138 g/mol. The van der Waals surface area contributed by atoms with Gasteiger partial charge in [-0.3, -0.25) is 4.79 Å². The van der Waals surface area contributed by atoms with Gasteiger partial charge in [0.1, 0.15) is 0 Å². The molecule has 1 rings (SSSR count). The molecule has 2 nitrogen and oxygen atoms in total. The Kier molecular flexibility index (Phi) is 3.62. The molecular formula is C6H12ClNO. The van der Waals surface area contributed by atoms with Crippen LogP contribution < -0.4 is 5.32 Å². The lowest BCUT2D eigenvalue weighted by Crippen LogP contribution is -2.48. The summed E-state index contributed by atoms with van der Waals surface area (Å²) in [6.07, 6.45) is 3.07. The monoisotopic (exact) mass is 149 g/mol. The molecule has 1 heterocycles. The first-order valence-electron chi connectivity index (χ1n) is 3.12. The Bertz CT molecular complexity index is 97.2. The van der Waals surface area contributed by atoms with Gasteiger partial charge >= 0.3 is 0 Å². The predicted molar refractivity (Wildman–Crippen MR) is 38.7 cm³/mol. The van der Waals surface area contributed by atoms with Crippen molar-refractivity contribution in [3.8, 4) is 0 Å². The van der Waals surface area contributed by atoms with Gasteiger partial charge in [0, 0.05) is 12.5 Å². The van der Waals surface area contributed by atoms with Crippen molar-refractivity contribution in [3.63, 3.8) is 0 Å². The molecule has 3 heteroatoms. The van der Waals surface area contributed by atoms with Crippen LogP contribution in [0.4, 0.5) is 0 Å². The lowest BCUT2D eigenvalue weighted by molar-refractivity contribution is -0.128. The molecule has 1 aliphatic rings. The van der Waals surface area contributed by atoms with Crippen LogP contribution in [0, 0.1) is 0 Å². The van der Waals surface area contributed by atoms with Gasteiger partial charge in [0.15, 0.2) is 0 Å². The highest BCUT2D eigenvalue weighted by Gasteiger charge is 2.23. The molecule has 1 amide bonds. The first kappa shape index (κ1) is 8.76. The van der Waals surface area contributed by atoms with Gasteiger partial charge in [-0.15, -0.1) is 12.4 Å². The van der Waals surface area contributed by atoms with Crippen molar-refractivity contribution < 1.29 is 4.79 Å². The van der Waals surface area contributed by atoms with Crippen LogP contribution >= 0.6 is 12.4 Å². The van der Waals surface area contributed by atoms with Crippen molar-refractivity contribution in [2.75, 3.05) is 0 Å². The fraction of sp³-hybridized carbons (Fsp3) is 0.833. The second-order valence-corrected chi connectivity index (χ2v) is 2.26. The van der Waals surface area contributed by atoms with E-state index in [1.807, 2.05) is 0 Å². The van der Waals surface area contributed by atoms with Crippen molar-refractivity contribution in [2.24, 2.45) is 0 Å². The van der Waals surface area contributed by atoms with Crippen molar-refractivity contribution in [2.45, 2.75) is 32.2 Å². The van der Waals surface area contributed by atoms with Crippen LogP contribution in [0.5, 0.6) is 0 Å². The summed E-state index contributed by atoms with van der Waals surface area (Å²) < 4.78 is 0. The summed E-state index contributed by atoms with van der Waals surface area (Å²) >= 11 is 0. The summed E-state index contributed by atoms with van der Waals surface area (Å²) in [5, 5.41) is 2.80. The number of carbonyl (C=O) groups excluding carboxylic acids is 1. The van der Waals surface area contributed by atoms with Crippen LogP contribution in [0.3, 0.4) is 0 Å². The maximum Gasteiger partial charge on any atom is 0.222 e. The fourth-order valence-corrected chi connectivity index (χ4v) is 0.953. The molecule has 1 atom stereocenters. The Balaban J connectivity index is 0.000000640. The number of hydrogen-bond acceptors (Lipinski definition) is 1. The highest BCUT2D eigenvalue weighted by Crippen LogP contribution is 2.09. The lowest BCUT2D eigenvalue weighted by atomic mass is 10.0. The number of halogens is 1. The van der Waals surface area contributed by atoms with Gasteiger partial charge in [-0.05, 0) is 6.42 Å². The number of amides is 1. The molecule has 0 unspecified atom stereocenters. The molecule has 54 valence electrons. The zero-order valence-corrected chi connectivity index (χ0v) is 6.33. The number of rotatable bonds is 2. The first-order chi connectivity index (χ1) is 3.83. The summed E-state index contributed by atoms with van der Waals surface area (Å²) in [5.74, 6) is 0.212. The Labute approximate surface area is 61.4 Å². The van der Waals surface area contributed by atoms with E-state index in [2.05, 4.69) is 12.2 Å². The van der Waals surface area contributed by atoms with E-state index in [1.54, 1.807) is 0 Å². The molecule has 0 saturated carbocycles. The SMILES string of the molecule is CCC[C@H]1CC(=O)N1.Cl. The molecule has 0 aromatic rings. The number of hydrogen-bond donors (Lipinski definition) is 1. The minimum atomic E-state index is 0. The Morgan fingerprint density at radius 1 is 1.78 bits per heavy atom. The summed E-state index contributed by atoms with van der Waals surface area (Å²) in [5.41, 5.74) is 0. The van der Waals surface area contributed by atoms with Crippen LogP contribution in [0.2, 0.25) is 0 Å². The van der Waals surface area contributed by atoms with Crippen LogP contribution in [0.15, 0.2) is 0 Å². The van der Waals surface area contributed by atoms with Crippen LogP contribution in [0.25, 0.3) is 0 Å². The van der Waals surface area contributed by atoms with Crippen molar-refractivity contribution in [3.05, 3.63) is 0 Å². The van der Waals surface area contributed by atoms with Crippen molar-refractivity contribution in [1.29, 1.82) is 0 Å². The largest absolute Gasteiger partial charge is 0.353 e. The maximum absolute atomic E-state index is 10.3. The van der Waals surface area contributed by atoms with Gasteiger partial charge in [-0.1, -0.05) is 13.3 Å². The zero-order valence-electron chi connectivity index (χ0n) is 5.52. The van der Waals surface area contributed by atoms with Crippen LogP contribution in [-0.4, -0.2) is 11.9 Å². The van der Waals surface area contributed by atoms with E-state index < -0.39 is 0 Å². The number of β-lactam (4-membered cyclic amide) rings is 1. The van der Waals surface area contributed by atoms with Gasteiger partial charge in [0.25, 0.3) is 0 Å². The first-order valence-corrected chi connectivity index (χ1v) is 3.12. The minimum Gasteiger partial charge on any atom is -0.353 e. The summed E-state index contributed by atoms with van der Waals surface area (Å²) in [7, 11) is 0. The average Bonchev–Trinajstić information content (AvgIpc) is 1.64. The third kappa shape index (κ3) is 2.22. The minimum absolute atomic E-state index is 0. The second-order valence-electron chi connectivity index (χ2n) is 2.26. The van der Waals surface area contributed by atoms with Crippen LogP contribution in [-0.2, 0) is 4.79 Å². The van der Waals surface area contributed by atoms with E-state index in [9.17, 15) is 4.79 Å². The van der Waals surface area contributed by atoms with E-state index >= 15 is 0 Å². The molecule has 0 spiro atoms. The molecule has 1 N–H and O–H groups in total. The molecule has 1 aliphatic heterocycles. The Hall–Kier alpha value is -0.240. The molecule has 0 radical (unpaired) electrons. The predicted octanol–water partition coefficient (Wildman–Crippen LogP) is 1.10. The normalized spacial score (nSPS) is 23.7. The highest BCUT2D eigenvalue weighted by atomic mass is 35.5. The third-order valence-corrected chi connectivity index (χ3v) is 1.43. The molecule has 1 saturated heterocycles. The standard InChI is InChI=1S/C6H11NO.ClH/c1-2-3-5-4-6(8)7-5;/h5H,2-4H2,1H3,(H,7,8);1H/t5-;/m0./s1. The second kappa shape index (κ2) is 3.72.